The van der Waals surface area contributed by atoms with E-state index in [1.54, 1.807) is 0 Å². The molecule has 1 fully saturated rings. The maximum absolute atomic E-state index is 13.0. The molecule has 0 spiro atoms. The molecule has 1 heterocycles. The van der Waals surface area contributed by atoms with E-state index >= 15 is 0 Å². The Labute approximate surface area is 416 Å². The highest BCUT2D eigenvalue weighted by atomic mass is 16.7. The highest BCUT2D eigenvalue weighted by Crippen LogP contribution is 2.26. The van der Waals surface area contributed by atoms with Gasteiger partial charge in [-0.25, -0.2) is 4.79 Å². The first-order chi connectivity index (χ1) is 33.6. The van der Waals surface area contributed by atoms with Crippen LogP contribution in [-0.2, 0) is 42.9 Å². The fraction of sp³-hybridized carbons (Fsp3) is 0.684. The predicted octanol–water partition coefficient (Wildman–Crippen LogP) is 12.8. The van der Waals surface area contributed by atoms with Gasteiger partial charge in [-0.1, -0.05) is 170 Å². The highest BCUT2D eigenvalue weighted by Gasteiger charge is 2.50. The highest BCUT2D eigenvalue weighted by molar-refractivity contribution is 5.74. The molecule has 12 heteroatoms. The van der Waals surface area contributed by atoms with Crippen molar-refractivity contribution in [2.45, 2.75) is 237 Å². The lowest BCUT2D eigenvalue weighted by atomic mass is 9.98. The maximum atomic E-state index is 13.0. The molecule has 6 atom stereocenters. The molecule has 0 aliphatic carbocycles. The van der Waals surface area contributed by atoms with E-state index in [2.05, 4.69) is 93.7 Å². The van der Waals surface area contributed by atoms with Crippen LogP contribution in [0.2, 0.25) is 0 Å². The van der Waals surface area contributed by atoms with Crippen LogP contribution in [0, 0.1) is 0 Å². The molecule has 1 aliphatic rings. The van der Waals surface area contributed by atoms with Gasteiger partial charge in [0.25, 0.3) is 0 Å². The van der Waals surface area contributed by atoms with Crippen LogP contribution in [0.5, 0.6) is 0 Å². The number of aliphatic carboxylic acids is 1. The number of aliphatic hydroxyl groups excluding tert-OH is 2. The number of rotatable bonds is 43. The zero-order valence-corrected chi connectivity index (χ0v) is 42.8. The lowest BCUT2D eigenvalue weighted by molar-refractivity contribution is -0.301. The number of aliphatic hydroxyl groups is 2. The monoisotopic (exact) mass is 969 g/mol. The average molecular weight is 969 g/mol. The van der Waals surface area contributed by atoms with Crippen LogP contribution in [0.25, 0.3) is 0 Å². The number of carbonyl (C=O) groups excluding carboxylic acids is 3. The summed E-state index contributed by atoms with van der Waals surface area (Å²) in [5.41, 5.74) is 0. The Kier molecular flexibility index (Phi) is 41.1. The van der Waals surface area contributed by atoms with Crippen LogP contribution >= 0.6 is 0 Å². The summed E-state index contributed by atoms with van der Waals surface area (Å²) in [6.07, 6.45) is 44.5. The molecule has 0 bridgehead atoms. The van der Waals surface area contributed by atoms with E-state index in [4.69, 9.17) is 23.7 Å². The molecule has 69 heavy (non-hydrogen) atoms. The third-order valence-electron chi connectivity index (χ3n) is 11.4. The van der Waals surface area contributed by atoms with Crippen molar-refractivity contribution in [1.29, 1.82) is 0 Å². The number of unbranched alkanes of at least 4 members (excludes halogenated alkanes) is 15. The fourth-order valence-corrected chi connectivity index (χ4v) is 7.33. The summed E-state index contributed by atoms with van der Waals surface area (Å²) in [5.74, 6) is -3.27. The molecule has 392 valence electrons. The summed E-state index contributed by atoms with van der Waals surface area (Å²) in [4.78, 5) is 50.8. The van der Waals surface area contributed by atoms with Crippen molar-refractivity contribution in [2.75, 3.05) is 13.2 Å². The lowest BCUT2D eigenvalue weighted by Crippen LogP contribution is -2.61. The van der Waals surface area contributed by atoms with Crippen molar-refractivity contribution >= 4 is 23.9 Å². The van der Waals surface area contributed by atoms with E-state index in [1.807, 2.05) is 12.2 Å². The second kappa shape index (κ2) is 45.1. The van der Waals surface area contributed by atoms with Crippen molar-refractivity contribution in [3.8, 4) is 0 Å². The van der Waals surface area contributed by atoms with Crippen molar-refractivity contribution in [2.24, 2.45) is 0 Å². The van der Waals surface area contributed by atoms with E-state index < -0.39 is 67.3 Å². The van der Waals surface area contributed by atoms with Gasteiger partial charge in [0.2, 0.25) is 0 Å². The summed E-state index contributed by atoms with van der Waals surface area (Å²) in [7, 11) is 0. The summed E-state index contributed by atoms with van der Waals surface area (Å²) < 4.78 is 28.2. The molecular weight excluding hydrogens is 877 g/mol. The summed E-state index contributed by atoms with van der Waals surface area (Å²) in [6.45, 7) is 5.69. The molecule has 6 unspecified atom stereocenters. The molecule has 0 radical (unpaired) electrons. The van der Waals surface area contributed by atoms with E-state index in [1.165, 1.54) is 32.1 Å². The molecule has 3 N–H and O–H groups in total. The predicted molar refractivity (Wildman–Crippen MR) is 275 cm³/mol. The minimum atomic E-state index is -1.92. The molecule has 0 aromatic rings. The SMILES string of the molecule is CC/C=C\C/C=C\C/C=C\C/C=C\CCC(=O)OC(COC(=O)CCCCCCC/C=C\C/C=C\CCCCC)COC1OC(C(=O)O)C(O)C(O)C1OC(=O)CCCCCCC/C=C\CCCC. The van der Waals surface area contributed by atoms with E-state index in [-0.39, 0.29) is 25.9 Å². The van der Waals surface area contributed by atoms with Gasteiger partial charge in [-0.3, -0.25) is 14.4 Å². The number of esters is 3. The van der Waals surface area contributed by atoms with Gasteiger partial charge in [-0.15, -0.1) is 0 Å². The Bertz CT molecular complexity index is 1530. The van der Waals surface area contributed by atoms with Crippen LogP contribution < -0.4 is 0 Å². The number of hydrogen-bond donors (Lipinski definition) is 3. The quantitative estimate of drug-likeness (QED) is 0.0229. The van der Waals surface area contributed by atoms with Crippen molar-refractivity contribution in [3.05, 3.63) is 85.1 Å². The first kappa shape index (κ1) is 62.9. The second-order valence-electron chi connectivity index (χ2n) is 17.8. The van der Waals surface area contributed by atoms with Gasteiger partial charge in [0, 0.05) is 19.3 Å². The van der Waals surface area contributed by atoms with Crippen LogP contribution in [0.4, 0.5) is 0 Å². The summed E-state index contributed by atoms with van der Waals surface area (Å²) in [6, 6.07) is 0. The normalized spacial score (nSPS) is 19.3. The fourth-order valence-electron chi connectivity index (χ4n) is 7.33. The van der Waals surface area contributed by atoms with Gasteiger partial charge in [0.15, 0.2) is 24.6 Å². The molecule has 1 rings (SSSR count). The van der Waals surface area contributed by atoms with Crippen molar-refractivity contribution in [3.63, 3.8) is 0 Å². The maximum Gasteiger partial charge on any atom is 0.335 e. The van der Waals surface area contributed by atoms with E-state index in [0.29, 0.717) is 25.7 Å². The van der Waals surface area contributed by atoms with Crippen LogP contribution in [-0.4, -0.2) is 89.2 Å². The molecule has 12 nitrogen and oxygen atoms in total. The number of hydrogen-bond acceptors (Lipinski definition) is 11. The summed E-state index contributed by atoms with van der Waals surface area (Å²) in [5, 5.41) is 31.3. The number of ether oxygens (including phenoxy) is 5. The van der Waals surface area contributed by atoms with Crippen LogP contribution in [0.3, 0.4) is 0 Å². The van der Waals surface area contributed by atoms with Gasteiger partial charge in [0.1, 0.15) is 18.8 Å². The third-order valence-corrected chi connectivity index (χ3v) is 11.4. The van der Waals surface area contributed by atoms with Crippen LogP contribution in [0.1, 0.15) is 201 Å². The zero-order valence-electron chi connectivity index (χ0n) is 42.8. The number of allylic oxidation sites excluding steroid dienone is 14. The molecule has 0 amide bonds. The molecule has 0 saturated carbocycles. The van der Waals surface area contributed by atoms with Gasteiger partial charge in [-0.05, 0) is 96.3 Å². The molecule has 1 saturated heterocycles. The minimum absolute atomic E-state index is 0.0346. The van der Waals surface area contributed by atoms with Crippen molar-refractivity contribution < 1.29 is 58.2 Å². The first-order valence-corrected chi connectivity index (χ1v) is 26.6. The number of carbonyl (C=O) groups is 4. The van der Waals surface area contributed by atoms with Crippen molar-refractivity contribution in [1.82, 2.24) is 0 Å². The largest absolute Gasteiger partial charge is 0.479 e. The zero-order chi connectivity index (χ0) is 50.4. The Morgan fingerprint density at radius 2 is 0.957 bits per heavy atom. The second-order valence-corrected chi connectivity index (χ2v) is 17.8. The van der Waals surface area contributed by atoms with E-state index in [9.17, 15) is 34.5 Å². The van der Waals surface area contributed by atoms with Crippen LogP contribution in [0.15, 0.2) is 85.1 Å². The molecule has 1 aliphatic heterocycles. The third kappa shape index (κ3) is 35.6. The standard InChI is InChI=1S/C57H92O12/c1-4-7-10-13-16-19-22-24-25-27-29-31-34-37-40-43-49(58)65-46-48(67-50(59)44-41-38-35-33-30-26-23-20-17-14-11-8-5-2)47-66-57-55(53(62)52(61)54(69-57)56(63)64)68-51(60)45-42-39-36-32-28-21-18-15-12-9-6-3/h8,11,15-20,24-26,30,35,38,48,52-55,57,61-62H,4-7,9-10,12-14,21-23,27-29,31-34,36-37,39-47H2,1-3H3,(H,63,64)/b11-8-,18-15-,19-16-,20-17-,25-24-,30-26-,38-35-. The first-order valence-electron chi connectivity index (χ1n) is 26.6. The van der Waals surface area contributed by atoms with E-state index in [0.717, 1.165) is 103 Å². The van der Waals surface area contributed by atoms with Gasteiger partial charge in [-0.2, -0.15) is 0 Å². The molecule has 0 aromatic heterocycles. The topological polar surface area (TPSA) is 175 Å². The average Bonchev–Trinajstić information content (AvgIpc) is 3.33. The molecular formula is C57H92O12. The summed E-state index contributed by atoms with van der Waals surface area (Å²) >= 11 is 0. The Morgan fingerprint density at radius 3 is 1.51 bits per heavy atom. The minimum Gasteiger partial charge on any atom is -0.479 e. The Balaban J connectivity index is 2.79. The molecule has 0 aromatic carbocycles. The van der Waals surface area contributed by atoms with Gasteiger partial charge < -0.3 is 39.0 Å². The number of carboxylic acids is 1. The van der Waals surface area contributed by atoms with Gasteiger partial charge >= 0.3 is 23.9 Å². The Morgan fingerprint density at radius 1 is 0.493 bits per heavy atom. The Hall–Kier alpha value is -4.10. The lowest BCUT2D eigenvalue weighted by Gasteiger charge is -2.40. The number of carboxylic acid groups (broad SMARTS) is 1. The van der Waals surface area contributed by atoms with Gasteiger partial charge in [0.05, 0.1) is 6.61 Å². The smallest absolute Gasteiger partial charge is 0.335 e.